The van der Waals surface area contributed by atoms with Gasteiger partial charge in [-0.1, -0.05) is 6.07 Å². The largest absolute Gasteiger partial charge is 0.386 e. The Morgan fingerprint density at radius 2 is 2.50 bits per heavy atom. The van der Waals surface area contributed by atoms with E-state index in [-0.39, 0.29) is 25.5 Å². The molecule has 98 valence electrons. The van der Waals surface area contributed by atoms with Crippen molar-refractivity contribution in [3.63, 3.8) is 0 Å². The molecule has 0 radical (unpaired) electrons. The van der Waals surface area contributed by atoms with Gasteiger partial charge < -0.3 is 15.2 Å². The van der Waals surface area contributed by atoms with Gasteiger partial charge in [0.1, 0.15) is 5.60 Å². The number of aryl methyl sites for hydroxylation is 1. The second-order valence-corrected chi connectivity index (χ2v) is 4.75. The fourth-order valence-corrected chi connectivity index (χ4v) is 1.92. The summed E-state index contributed by atoms with van der Waals surface area (Å²) in [6.45, 7) is 2.99. The van der Waals surface area contributed by atoms with Gasteiger partial charge in [0.2, 0.25) is 5.91 Å². The van der Waals surface area contributed by atoms with Gasteiger partial charge in [0.05, 0.1) is 18.7 Å². The van der Waals surface area contributed by atoms with Gasteiger partial charge in [-0.2, -0.15) is 0 Å². The first-order valence-corrected chi connectivity index (χ1v) is 6.06. The molecular weight excluding hydrogens is 232 g/mol. The summed E-state index contributed by atoms with van der Waals surface area (Å²) in [5, 5.41) is 12.7. The molecule has 1 saturated heterocycles. The third kappa shape index (κ3) is 3.27. The molecule has 2 N–H and O–H groups in total. The lowest BCUT2D eigenvalue weighted by Crippen LogP contribution is -2.43. The first-order valence-electron chi connectivity index (χ1n) is 6.06. The van der Waals surface area contributed by atoms with Gasteiger partial charge in [-0.05, 0) is 18.6 Å². The van der Waals surface area contributed by atoms with Crippen LogP contribution in [0.15, 0.2) is 18.3 Å². The summed E-state index contributed by atoms with van der Waals surface area (Å²) < 4.78 is 5.12. The number of ether oxygens (including phenoxy) is 1. The molecule has 2 heterocycles. The molecule has 0 aliphatic carbocycles. The number of hydrogen-bond acceptors (Lipinski definition) is 4. The van der Waals surface area contributed by atoms with Gasteiger partial charge >= 0.3 is 0 Å². The lowest BCUT2D eigenvalue weighted by atomic mass is 10.0. The average Bonchev–Trinajstić information content (AvgIpc) is 2.77. The molecule has 0 aromatic carbocycles. The Bertz CT molecular complexity index is 428. The van der Waals surface area contributed by atoms with Crippen LogP contribution in [0.3, 0.4) is 0 Å². The highest BCUT2D eigenvalue weighted by atomic mass is 16.5. The molecule has 0 saturated carbocycles. The first kappa shape index (κ1) is 13.0. The molecule has 2 rings (SSSR count). The van der Waals surface area contributed by atoms with Crippen LogP contribution in [0.5, 0.6) is 0 Å². The van der Waals surface area contributed by atoms with Gasteiger partial charge in [0.25, 0.3) is 0 Å². The van der Waals surface area contributed by atoms with Crippen LogP contribution in [0.1, 0.15) is 17.7 Å². The van der Waals surface area contributed by atoms with Crippen molar-refractivity contribution in [2.75, 3.05) is 19.8 Å². The smallest absolute Gasteiger partial charge is 0.226 e. The number of pyridine rings is 1. The molecule has 1 aliphatic rings. The minimum absolute atomic E-state index is 0.128. The van der Waals surface area contributed by atoms with Crippen molar-refractivity contribution >= 4 is 5.91 Å². The van der Waals surface area contributed by atoms with E-state index < -0.39 is 5.60 Å². The molecule has 18 heavy (non-hydrogen) atoms. The minimum atomic E-state index is -0.908. The van der Waals surface area contributed by atoms with E-state index in [1.165, 1.54) is 0 Å². The lowest BCUT2D eigenvalue weighted by Gasteiger charge is -2.20. The van der Waals surface area contributed by atoms with E-state index in [0.717, 1.165) is 11.3 Å². The van der Waals surface area contributed by atoms with Crippen molar-refractivity contribution < 1.29 is 14.6 Å². The molecule has 1 aromatic heterocycles. The molecule has 1 aliphatic heterocycles. The molecule has 1 fully saturated rings. The Kier molecular flexibility index (Phi) is 3.93. The second-order valence-electron chi connectivity index (χ2n) is 4.75. The molecule has 1 amide bonds. The van der Waals surface area contributed by atoms with Gasteiger partial charge in [0, 0.05) is 25.8 Å². The van der Waals surface area contributed by atoms with Crippen LogP contribution in [0.4, 0.5) is 0 Å². The van der Waals surface area contributed by atoms with Gasteiger partial charge in [-0.15, -0.1) is 0 Å². The Labute approximate surface area is 106 Å². The van der Waals surface area contributed by atoms with Crippen molar-refractivity contribution in [2.45, 2.75) is 25.4 Å². The molecule has 1 aromatic rings. The molecule has 1 atom stereocenters. The number of carbonyl (C=O) groups excluding carboxylic acids is 1. The predicted octanol–water partition coefficient (Wildman–Crippen LogP) is 0.200. The van der Waals surface area contributed by atoms with Crippen LogP contribution < -0.4 is 5.32 Å². The molecule has 5 heteroatoms. The van der Waals surface area contributed by atoms with Gasteiger partial charge in [-0.3, -0.25) is 9.78 Å². The van der Waals surface area contributed by atoms with E-state index in [1.807, 2.05) is 19.1 Å². The fourth-order valence-electron chi connectivity index (χ4n) is 1.92. The molecule has 0 bridgehead atoms. The maximum Gasteiger partial charge on any atom is 0.226 e. The van der Waals surface area contributed by atoms with E-state index in [9.17, 15) is 9.90 Å². The highest BCUT2D eigenvalue weighted by molar-refractivity contribution is 5.78. The summed E-state index contributed by atoms with van der Waals surface area (Å²) in [7, 11) is 0. The van der Waals surface area contributed by atoms with E-state index in [4.69, 9.17) is 4.74 Å². The highest BCUT2D eigenvalue weighted by Crippen LogP contribution is 2.16. The normalized spacial score (nSPS) is 23.0. The average molecular weight is 250 g/mol. The number of aliphatic hydroxyl groups is 1. The Balaban J connectivity index is 1.84. The monoisotopic (exact) mass is 250 g/mol. The Morgan fingerprint density at radius 1 is 1.67 bits per heavy atom. The molecular formula is C13H18N2O3. The van der Waals surface area contributed by atoms with Crippen LogP contribution in [0.2, 0.25) is 0 Å². The number of aromatic nitrogens is 1. The van der Waals surface area contributed by atoms with E-state index in [0.29, 0.717) is 13.0 Å². The summed E-state index contributed by atoms with van der Waals surface area (Å²) in [5.74, 6) is -0.128. The third-order valence-electron chi connectivity index (χ3n) is 3.14. The van der Waals surface area contributed by atoms with Crippen LogP contribution in [-0.2, 0) is 16.0 Å². The summed E-state index contributed by atoms with van der Waals surface area (Å²) in [6.07, 6.45) is 2.48. The first-order chi connectivity index (χ1) is 8.59. The Morgan fingerprint density at radius 3 is 3.17 bits per heavy atom. The van der Waals surface area contributed by atoms with Crippen LogP contribution >= 0.6 is 0 Å². The van der Waals surface area contributed by atoms with Crippen LogP contribution in [0.25, 0.3) is 0 Å². The minimum Gasteiger partial charge on any atom is -0.386 e. The van der Waals surface area contributed by atoms with Crippen LogP contribution in [0, 0.1) is 6.92 Å². The summed E-state index contributed by atoms with van der Waals surface area (Å²) in [5.41, 5.74) is 0.856. The van der Waals surface area contributed by atoms with Crippen molar-refractivity contribution in [2.24, 2.45) is 0 Å². The zero-order chi connectivity index (χ0) is 13.0. The predicted molar refractivity (Wildman–Crippen MR) is 66.1 cm³/mol. The second kappa shape index (κ2) is 5.46. The van der Waals surface area contributed by atoms with Crippen molar-refractivity contribution in [3.8, 4) is 0 Å². The van der Waals surface area contributed by atoms with Crippen LogP contribution in [-0.4, -0.2) is 41.4 Å². The highest BCUT2D eigenvalue weighted by Gasteiger charge is 2.32. The molecule has 0 spiro atoms. The SMILES string of the molecule is Cc1cccnc1CC(=O)NCC1(O)CCOC1. The maximum atomic E-state index is 11.8. The standard InChI is InChI=1S/C13H18N2O3/c1-10-3-2-5-14-11(10)7-12(16)15-8-13(17)4-6-18-9-13/h2-3,5,17H,4,6-9H2,1H3,(H,15,16). The third-order valence-corrected chi connectivity index (χ3v) is 3.14. The summed E-state index contributed by atoms with van der Waals surface area (Å²) in [6, 6.07) is 3.77. The van der Waals surface area contributed by atoms with Gasteiger partial charge in [0.15, 0.2) is 0 Å². The Hall–Kier alpha value is -1.46. The lowest BCUT2D eigenvalue weighted by molar-refractivity contribution is -0.121. The number of amides is 1. The molecule has 5 nitrogen and oxygen atoms in total. The number of carbonyl (C=O) groups is 1. The molecule has 1 unspecified atom stereocenters. The zero-order valence-corrected chi connectivity index (χ0v) is 10.5. The number of nitrogens with one attached hydrogen (secondary N) is 1. The maximum absolute atomic E-state index is 11.8. The van der Waals surface area contributed by atoms with Gasteiger partial charge in [-0.25, -0.2) is 0 Å². The van der Waals surface area contributed by atoms with Crippen molar-refractivity contribution in [1.82, 2.24) is 10.3 Å². The van der Waals surface area contributed by atoms with E-state index in [2.05, 4.69) is 10.3 Å². The zero-order valence-electron chi connectivity index (χ0n) is 10.5. The van der Waals surface area contributed by atoms with E-state index in [1.54, 1.807) is 6.20 Å². The van der Waals surface area contributed by atoms with Crippen molar-refractivity contribution in [3.05, 3.63) is 29.6 Å². The quantitative estimate of drug-likeness (QED) is 0.801. The van der Waals surface area contributed by atoms with Crippen molar-refractivity contribution in [1.29, 1.82) is 0 Å². The summed E-state index contributed by atoms with van der Waals surface area (Å²) in [4.78, 5) is 15.9. The topological polar surface area (TPSA) is 71.5 Å². The fraction of sp³-hybridized carbons (Fsp3) is 0.538. The number of rotatable bonds is 4. The number of nitrogens with zero attached hydrogens (tertiary/aromatic N) is 1. The van der Waals surface area contributed by atoms with E-state index >= 15 is 0 Å². The number of hydrogen-bond donors (Lipinski definition) is 2. The summed E-state index contributed by atoms with van der Waals surface area (Å²) >= 11 is 0.